The van der Waals surface area contributed by atoms with Crippen LogP contribution >= 0.6 is 0 Å². The predicted molar refractivity (Wildman–Crippen MR) is 104 cm³/mol. The Morgan fingerprint density at radius 1 is 1.11 bits per heavy atom. The van der Waals surface area contributed by atoms with Crippen molar-refractivity contribution in [3.05, 3.63) is 47.7 Å². The third-order valence-corrected chi connectivity index (χ3v) is 4.84. The van der Waals surface area contributed by atoms with E-state index in [-0.39, 0.29) is 17.2 Å². The average molecular weight is 370 g/mol. The molecule has 0 bridgehead atoms. The minimum Gasteiger partial charge on any atom is -0.425 e. The molecule has 146 valence electrons. The number of rotatable bonds is 5. The van der Waals surface area contributed by atoms with Gasteiger partial charge in [-0.3, -0.25) is 9.69 Å². The summed E-state index contributed by atoms with van der Waals surface area (Å²) in [5, 5.41) is 8.13. The summed E-state index contributed by atoms with van der Waals surface area (Å²) in [4.78, 5) is 17.4. The van der Waals surface area contributed by atoms with Crippen molar-refractivity contribution in [2.24, 2.45) is 5.41 Å². The highest BCUT2D eigenvalue weighted by atomic mass is 16.4. The van der Waals surface area contributed by atoms with Gasteiger partial charge in [0.15, 0.2) is 0 Å². The first-order valence-corrected chi connectivity index (χ1v) is 9.67. The maximum absolute atomic E-state index is 13.0. The molecule has 1 aromatic carbocycles. The second kappa shape index (κ2) is 8.21. The van der Waals surface area contributed by atoms with E-state index in [9.17, 15) is 4.79 Å². The number of hydrogen-bond donors (Lipinski definition) is 0. The Bertz CT molecular complexity index is 743. The molecule has 0 spiro atoms. The van der Waals surface area contributed by atoms with Crippen LogP contribution in [0.3, 0.4) is 0 Å². The Morgan fingerprint density at radius 3 is 2.33 bits per heavy atom. The molecule has 1 aliphatic rings. The van der Waals surface area contributed by atoms with Crippen LogP contribution in [0.1, 0.15) is 50.5 Å². The van der Waals surface area contributed by atoms with Crippen LogP contribution in [0.5, 0.6) is 0 Å². The Hall–Kier alpha value is -2.21. The first-order chi connectivity index (χ1) is 12.8. The number of carbonyl (C=O) groups is 1. The van der Waals surface area contributed by atoms with E-state index < -0.39 is 0 Å². The van der Waals surface area contributed by atoms with Crippen LogP contribution in [0, 0.1) is 12.3 Å². The van der Waals surface area contributed by atoms with Gasteiger partial charge in [0.05, 0.1) is 5.92 Å². The van der Waals surface area contributed by atoms with Crippen molar-refractivity contribution in [3.8, 4) is 0 Å². The molecule has 27 heavy (non-hydrogen) atoms. The van der Waals surface area contributed by atoms with Gasteiger partial charge in [0.2, 0.25) is 17.7 Å². The third-order valence-electron chi connectivity index (χ3n) is 4.84. The molecule has 1 fully saturated rings. The lowest BCUT2D eigenvalue weighted by molar-refractivity contribution is -0.133. The topological polar surface area (TPSA) is 62.5 Å². The molecule has 0 saturated carbocycles. The molecule has 2 aromatic rings. The van der Waals surface area contributed by atoms with E-state index in [1.807, 2.05) is 35.2 Å². The maximum Gasteiger partial charge on any atom is 0.224 e. The zero-order chi connectivity index (χ0) is 19.4. The van der Waals surface area contributed by atoms with E-state index in [4.69, 9.17) is 4.42 Å². The zero-order valence-electron chi connectivity index (χ0n) is 16.8. The summed E-state index contributed by atoms with van der Waals surface area (Å²) in [6.07, 6.45) is 0.352. The lowest BCUT2D eigenvalue weighted by atomic mass is 9.94. The van der Waals surface area contributed by atoms with Crippen LogP contribution in [0.2, 0.25) is 0 Å². The zero-order valence-corrected chi connectivity index (χ0v) is 16.8. The monoisotopic (exact) mass is 370 g/mol. The Kier molecular flexibility index (Phi) is 5.95. The van der Waals surface area contributed by atoms with Crippen LogP contribution in [-0.4, -0.2) is 58.6 Å². The summed E-state index contributed by atoms with van der Waals surface area (Å²) >= 11 is 0. The number of piperazine rings is 1. The summed E-state index contributed by atoms with van der Waals surface area (Å²) in [6, 6.07) is 9.94. The molecule has 1 atom stereocenters. The summed E-state index contributed by atoms with van der Waals surface area (Å²) in [6.45, 7) is 13.0. The van der Waals surface area contributed by atoms with Crippen LogP contribution in [0.25, 0.3) is 0 Å². The Balaban J connectivity index is 1.65. The van der Waals surface area contributed by atoms with E-state index in [0.717, 1.165) is 38.3 Å². The van der Waals surface area contributed by atoms with Crippen LogP contribution in [-0.2, 0) is 4.79 Å². The molecule has 1 unspecified atom stereocenters. The van der Waals surface area contributed by atoms with Crippen LogP contribution in [0.15, 0.2) is 34.7 Å². The molecule has 2 heterocycles. The van der Waals surface area contributed by atoms with Crippen molar-refractivity contribution in [3.63, 3.8) is 0 Å². The van der Waals surface area contributed by atoms with Crippen molar-refractivity contribution in [1.82, 2.24) is 20.0 Å². The van der Waals surface area contributed by atoms with Gasteiger partial charge in [-0.2, -0.15) is 0 Å². The van der Waals surface area contributed by atoms with Gasteiger partial charge in [0.25, 0.3) is 0 Å². The molecular weight excluding hydrogens is 340 g/mol. The molecule has 6 heteroatoms. The van der Waals surface area contributed by atoms with Gasteiger partial charge in [-0.25, -0.2) is 0 Å². The summed E-state index contributed by atoms with van der Waals surface area (Å²) in [5.41, 5.74) is 1.31. The fraction of sp³-hybridized carbons (Fsp3) is 0.571. The highest BCUT2D eigenvalue weighted by Gasteiger charge is 2.28. The first-order valence-electron chi connectivity index (χ1n) is 9.67. The molecular formula is C21H30N4O2. The molecule has 0 radical (unpaired) electrons. The second-order valence-corrected chi connectivity index (χ2v) is 8.54. The predicted octanol–water partition coefficient (Wildman–Crippen LogP) is 3.09. The summed E-state index contributed by atoms with van der Waals surface area (Å²) in [7, 11) is 0. The van der Waals surface area contributed by atoms with Crippen molar-refractivity contribution in [2.75, 3.05) is 32.7 Å². The van der Waals surface area contributed by atoms with Gasteiger partial charge in [-0.05, 0) is 11.0 Å². The standard InChI is InChI=1S/C21H30N4O2/c1-16-22-23-20(27-16)18(17-8-6-5-7-9-17)14-19(26)25-12-10-24(11-13-25)15-21(2,3)4/h5-9,18H,10-15H2,1-4H3. The lowest BCUT2D eigenvalue weighted by Crippen LogP contribution is -2.50. The van der Waals surface area contributed by atoms with Gasteiger partial charge in [0, 0.05) is 46.1 Å². The number of benzene rings is 1. The van der Waals surface area contributed by atoms with Gasteiger partial charge < -0.3 is 9.32 Å². The van der Waals surface area contributed by atoms with Gasteiger partial charge in [-0.1, -0.05) is 51.1 Å². The van der Waals surface area contributed by atoms with E-state index in [1.54, 1.807) is 6.92 Å². The Morgan fingerprint density at radius 2 is 1.78 bits per heavy atom. The molecule has 1 aromatic heterocycles. The number of amides is 1. The van der Waals surface area contributed by atoms with E-state index in [2.05, 4.69) is 35.9 Å². The highest BCUT2D eigenvalue weighted by molar-refractivity contribution is 5.77. The Labute approximate surface area is 161 Å². The highest BCUT2D eigenvalue weighted by Crippen LogP contribution is 2.28. The molecule has 6 nitrogen and oxygen atoms in total. The largest absolute Gasteiger partial charge is 0.425 e. The summed E-state index contributed by atoms with van der Waals surface area (Å²) < 4.78 is 5.66. The smallest absolute Gasteiger partial charge is 0.224 e. The minimum absolute atomic E-state index is 0.148. The second-order valence-electron chi connectivity index (χ2n) is 8.54. The van der Waals surface area contributed by atoms with E-state index in [0.29, 0.717) is 18.2 Å². The number of aryl methyl sites for hydroxylation is 1. The molecule has 1 saturated heterocycles. The first kappa shape index (κ1) is 19.5. The number of carbonyl (C=O) groups excluding carboxylic acids is 1. The fourth-order valence-corrected chi connectivity index (χ4v) is 3.62. The maximum atomic E-state index is 13.0. The van der Waals surface area contributed by atoms with Crippen molar-refractivity contribution < 1.29 is 9.21 Å². The number of hydrogen-bond acceptors (Lipinski definition) is 5. The normalized spacial score (nSPS) is 17.1. The van der Waals surface area contributed by atoms with E-state index in [1.165, 1.54) is 0 Å². The van der Waals surface area contributed by atoms with E-state index >= 15 is 0 Å². The molecule has 1 amide bonds. The minimum atomic E-state index is -0.201. The quantitative estimate of drug-likeness (QED) is 0.809. The van der Waals surface area contributed by atoms with Crippen LogP contribution in [0.4, 0.5) is 0 Å². The SMILES string of the molecule is Cc1nnc(C(CC(=O)N2CCN(CC(C)(C)C)CC2)c2ccccc2)o1. The third kappa shape index (κ3) is 5.39. The number of aromatic nitrogens is 2. The van der Waals surface area contributed by atoms with Crippen molar-refractivity contribution >= 4 is 5.91 Å². The lowest BCUT2D eigenvalue weighted by Gasteiger charge is -2.38. The van der Waals surface area contributed by atoms with Crippen LogP contribution < -0.4 is 0 Å². The molecule has 1 aliphatic heterocycles. The van der Waals surface area contributed by atoms with Gasteiger partial charge >= 0.3 is 0 Å². The van der Waals surface area contributed by atoms with Gasteiger partial charge in [-0.15, -0.1) is 10.2 Å². The van der Waals surface area contributed by atoms with Crippen molar-refractivity contribution in [1.29, 1.82) is 0 Å². The summed E-state index contributed by atoms with van der Waals surface area (Å²) in [5.74, 6) is 0.982. The average Bonchev–Trinajstić information content (AvgIpc) is 3.05. The fourth-order valence-electron chi connectivity index (χ4n) is 3.62. The molecule has 3 rings (SSSR count). The molecule has 0 N–H and O–H groups in total. The van der Waals surface area contributed by atoms with Crippen molar-refractivity contribution in [2.45, 2.75) is 40.0 Å². The van der Waals surface area contributed by atoms with Gasteiger partial charge in [0.1, 0.15) is 0 Å². The molecule has 0 aliphatic carbocycles. The number of nitrogens with zero attached hydrogens (tertiary/aromatic N) is 4.